The lowest BCUT2D eigenvalue weighted by Crippen LogP contribution is -2.22. The first-order valence-corrected chi connectivity index (χ1v) is 7.29. The van der Waals surface area contributed by atoms with Gasteiger partial charge in [0.25, 0.3) is 0 Å². The molecule has 98 valence electrons. The molecule has 0 saturated heterocycles. The van der Waals surface area contributed by atoms with Gasteiger partial charge < -0.3 is 0 Å². The van der Waals surface area contributed by atoms with Crippen LogP contribution in [0.5, 0.6) is 0 Å². The number of carbonyl (C=O) groups excluding carboxylic acids is 1. The second-order valence-electron chi connectivity index (χ2n) is 5.77. The highest BCUT2D eigenvalue weighted by Crippen LogP contribution is 2.29. The van der Waals surface area contributed by atoms with Crippen molar-refractivity contribution in [3.05, 3.63) is 35.4 Å². The summed E-state index contributed by atoms with van der Waals surface area (Å²) in [5.74, 6) is 1.59. The fraction of sp³-hybridized carbons (Fsp3) is 0.588. The molecule has 1 fully saturated rings. The van der Waals surface area contributed by atoms with Gasteiger partial charge in [0.2, 0.25) is 0 Å². The van der Waals surface area contributed by atoms with Gasteiger partial charge in [-0.25, -0.2) is 0 Å². The van der Waals surface area contributed by atoms with Gasteiger partial charge in [-0.15, -0.1) is 0 Å². The number of carbonyl (C=O) groups is 1. The highest BCUT2D eigenvalue weighted by Gasteiger charge is 2.23. The maximum absolute atomic E-state index is 12.2. The van der Waals surface area contributed by atoms with Crippen LogP contribution in [0.2, 0.25) is 0 Å². The van der Waals surface area contributed by atoms with Crippen LogP contribution in [0.1, 0.15) is 50.7 Å². The van der Waals surface area contributed by atoms with Crippen molar-refractivity contribution >= 4 is 5.78 Å². The Kier molecular flexibility index (Phi) is 4.57. The smallest absolute Gasteiger partial charge is 0.140 e. The highest BCUT2D eigenvalue weighted by atomic mass is 16.1. The number of benzene rings is 1. The molecule has 1 saturated carbocycles. The number of hydrogen-bond acceptors (Lipinski definition) is 1. The minimum Gasteiger partial charge on any atom is -0.299 e. The molecular weight excluding hydrogens is 220 g/mol. The third kappa shape index (κ3) is 3.44. The Morgan fingerprint density at radius 2 is 1.61 bits per heavy atom. The number of Topliss-reactive ketones (excluding diaryl/α,β-unsaturated/α-hetero) is 1. The van der Waals surface area contributed by atoms with Crippen LogP contribution in [-0.4, -0.2) is 5.78 Å². The average molecular weight is 244 g/mol. The van der Waals surface area contributed by atoms with Crippen LogP contribution in [0.4, 0.5) is 0 Å². The van der Waals surface area contributed by atoms with E-state index in [9.17, 15) is 4.79 Å². The first kappa shape index (κ1) is 13.3. The number of rotatable bonds is 4. The molecule has 18 heavy (non-hydrogen) atoms. The molecule has 0 amide bonds. The lowest BCUT2D eigenvalue weighted by molar-refractivity contribution is -0.123. The fourth-order valence-corrected chi connectivity index (χ4v) is 2.82. The van der Waals surface area contributed by atoms with Crippen molar-refractivity contribution in [3.63, 3.8) is 0 Å². The van der Waals surface area contributed by atoms with Crippen molar-refractivity contribution in [2.45, 2.75) is 52.4 Å². The van der Waals surface area contributed by atoms with E-state index in [4.69, 9.17) is 0 Å². The number of ketones is 1. The minimum atomic E-state index is 0.326. The van der Waals surface area contributed by atoms with Crippen molar-refractivity contribution in [3.8, 4) is 0 Å². The first-order valence-electron chi connectivity index (χ1n) is 7.29. The minimum absolute atomic E-state index is 0.326. The molecule has 1 heteroatoms. The van der Waals surface area contributed by atoms with E-state index < -0.39 is 0 Å². The largest absolute Gasteiger partial charge is 0.299 e. The summed E-state index contributed by atoms with van der Waals surface area (Å²) in [6.07, 6.45) is 6.36. The molecule has 1 aromatic carbocycles. The Morgan fingerprint density at radius 3 is 2.17 bits per heavy atom. The normalized spacial score (nSPS) is 23.9. The van der Waals surface area contributed by atoms with Gasteiger partial charge >= 0.3 is 0 Å². The standard InChI is InChI=1S/C17H24O/c1-3-14-6-8-15(9-7-14)12-17(18)16-10-4-13(2)5-11-16/h6-9,13,16H,3-5,10-12H2,1-2H3. The van der Waals surface area contributed by atoms with Gasteiger partial charge in [-0.2, -0.15) is 0 Å². The monoisotopic (exact) mass is 244 g/mol. The summed E-state index contributed by atoms with van der Waals surface area (Å²) in [6, 6.07) is 8.52. The molecule has 0 atom stereocenters. The average Bonchev–Trinajstić information content (AvgIpc) is 2.40. The molecule has 1 aliphatic rings. The molecule has 1 aliphatic carbocycles. The lowest BCUT2D eigenvalue weighted by atomic mass is 9.79. The Morgan fingerprint density at radius 1 is 1.06 bits per heavy atom. The molecular formula is C17H24O. The molecule has 0 heterocycles. The molecule has 0 aromatic heterocycles. The second-order valence-corrected chi connectivity index (χ2v) is 5.77. The van der Waals surface area contributed by atoms with Gasteiger partial charge in [-0.05, 0) is 36.3 Å². The maximum atomic E-state index is 12.2. The van der Waals surface area contributed by atoms with Crippen LogP contribution < -0.4 is 0 Å². The van der Waals surface area contributed by atoms with Gasteiger partial charge in [-0.1, -0.05) is 51.0 Å². The van der Waals surface area contributed by atoms with Gasteiger partial charge in [0.15, 0.2) is 0 Å². The summed E-state index contributed by atoms with van der Waals surface area (Å²) in [5, 5.41) is 0. The molecule has 0 radical (unpaired) electrons. The summed E-state index contributed by atoms with van der Waals surface area (Å²) in [5.41, 5.74) is 2.52. The third-order valence-electron chi connectivity index (χ3n) is 4.28. The van der Waals surface area contributed by atoms with Crippen molar-refractivity contribution in [2.75, 3.05) is 0 Å². The fourth-order valence-electron chi connectivity index (χ4n) is 2.82. The molecule has 2 rings (SSSR count). The third-order valence-corrected chi connectivity index (χ3v) is 4.28. The first-order chi connectivity index (χ1) is 8.69. The highest BCUT2D eigenvalue weighted by molar-refractivity contribution is 5.83. The van der Waals surface area contributed by atoms with E-state index in [0.717, 1.165) is 25.2 Å². The van der Waals surface area contributed by atoms with Gasteiger partial charge in [0.1, 0.15) is 5.78 Å². The Balaban J connectivity index is 1.90. The second kappa shape index (κ2) is 6.17. The van der Waals surface area contributed by atoms with Crippen LogP contribution >= 0.6 is 0 Å². The van der Waals surface area contributed by atoms with Crippen LogP contribution in [0.3, 0.4) is 0 Å². The van der Waals surface area contributed by atoms with Crippen molar-refractivity contribution in [2.24, 2.45) is 11.8 Å². The van der Waals surface area contributed by atoms with E-state index in [1.165, 1.54) is 24.0 Å². The molecule has 1 nitrogen and oxygen atoms in total. The van der Waals surface area contributed by atoms with E-state index >= 15 is 0 Å². The van der Waals surface area contributed by atoms with E-state index in [2.05, 4.69) is 38.1 Å². The molecule has 0 aliphatic heterocycles. The zero-order chi connectivity index (χ0) is 13.0. The van der Waals surface area contributed by atoms with Crippen molar-refractivity contribution < 1.29 is 4.79 Å². The summed E-state index contributed by atoms with van der Waals surface area (Å²) >= 11 is 0. The van der Waals surface area contributed by atoms with Gasteiger partial charge in [0.05, 0.1) is 0 Å². The van der Waals surface area contributed by atoms with Crippen LogP contribution in [0, 0.1) is 11.8 Å². The number of aryl methyl sites for hydroxylation is 1. The lowest BCUT2D eigenvalue weighted by Gasteiger charge is -2.25. The van der Waals surface area contributed by atoms with Crippen LogP contribution in [0.15, 0.2) is 24.3 Å². The SMILES string of the molecule is CCc1ccc(CC(=O)C2CCC(C)CC2)cc1. The van der Waals surface area contributed by atoms with Gasteiger partial charge in [-0.3, -0.25) is 4.79 Å². The predicted octanol–water partition coefficient (Wildman–Crippen LogP) is 4.19. The maximum Gasteiger partial charge on any atom is 0.140 e. The molecule has 0 bridgehead atoms. The van der Waals surface area contributed by atoms with E-state index in [-0.39, 0.29) is 0 Å². The Labute approximate surface area is 111 Å². The molecule has 0 unspecified atom stereocenters. The summed E-state index contributed by atoms with van der Waals surface area (Å²) in [4.78, 5) is 12.2. The van der Waals surface area contributed by atoms with E-state index in [0.29, 0.717) is 18.1 Å². The van der Waals surface area contributed by atoms with E-state index in [1.807, 2.05) is 0 Å². The molecule has 1 aromatic rings. The Bertz CT molecular complexity index is 383. The predicted molar refractivity (Wildman–Crippen MR) is 75.7 cm³/mol. The zero-order valence-corrected chi connectivity index (χ0v) is 11.6. The topological polar surface area (TPSA) is 17.1 Å². The molecule has 0 spiro atoms. The summed E-state index contributed by atoms with van der Waals surface area (Å²) in [6.45, 7) is 4.45. The molecule has 0 N–H and O–H groups in total. The number of hydrogen-bond donors (Lipinski definition) is 0. The van der Waals surface area contributed by atoms with Crippen molar-refractivity contribution in [1.29, 1.82) is 0 Å². The summed E-state index contributed by atoms with van der Waals surface area (Å²) in [7, 11) is 0. The van der Waals surface area contributed by atoms with Crippen molar-refractivity contribution in [1.82, 2.24) is 0 Å². The Hall–Kier alpha value is -1.11. The van der Waals surface area contributed by atoms with Crippen LogP contribution in [-0.2, 0) is 17.6 Å². The quantitative estimate of drug-likeness (QED) is 0.776. The summed E-state index contributed by atoms with van der Waals surface area (Å²) < 4.78 is 0. The van der Waals surface area contributed by atoms with E-state index in [1.54, 1.807) is 0 Å². The van der Waals surface area contributed by atoms with Gasteiger partial charge in [0, 0.05) is 12.3 Å². The van der Waals surface area contributed by atoms with Crippen LogP contribution in [0.25, 0.3) is 0 Å². The zero-order valence-electron chi connectivity index (χ0n) is 11.6.